The van der Waals surface area contributed by atoms with E-state index < -0.39 is 0 Å². The van der Waals surface area contributed by atoms with E-state index in [9.17, 15) is 4.79 Å². The van der Waals surface area contributed by atoms with Crippen LogP contribution < -0.4 is 20.9 Å². The predicted molar refractivity (Wildman–Crippen MR) is 123 cm³/mol. The fourth-order valence-electron chi connectivity index (χ4n) is 2.79. The van der Waals surface area contributed by atoms with Gasteiger partial charge in [0.15, 0.2) is 5.11 Å². The summed E-state index contributed by atoms with van der Waals surface area (Å²) >= 11 is 5.20. The fourth-order valence-corrected chi connectivity index (χ4v) is 2.94. The molecule has 0 heterocycles. The Balaban J connectivity index is 1.43. The molecule has 31 heavy (non-hydrogen) atoms. The highest BCUT2D eigenvalue weighted by atomic mass is 32.1. The maximum atomic E-state index is 12.4. The first-order chi connectivity index (χ1) is 15.1. The Morgan fingerprint density at radius 1 is 0.935 bits per heavy atom. The van der Waals surface area contributed by atoms with Crippen LogP contribution in [-0.2, 0) is 13.0 Å². The molecule has 0 fully saturated rings. The molecule has 6 nitrogen and oxygen atoms in total. The molecule has 0 saturated heterocycles. The maximum absolute atomic E-state index is 12.4. The lowest BCUT2D eigenvalue weighted by Crippen LogP contribution is -2.47. The van der Waals surface area contributed by atoms with Gasteiger partial charge in [0.25, 0.3) is 5.91 Å². The van der Waals surface area contributed by atoms with Gasteiger partial charge < -0.3 is 10.1 Å². The van der Waals surface area contributed by atoms with Crippen molar-refractivity contribution in [3.05, 3.63) is 101 Å². The lowest BCUT2D eigenvalue weighted by molar-refractivity contribution is 0.0943. The molecule has 0 atom stereocenters. The summed E-state index contributed by atoms with van der Waals surface area (Å²) in [5.74, 6) is 0.356. The smallest absolute Gasteiger partial charge is 0.269 e. The zero-order chi connectivity index (χ0) is 21.9. The third-order valence-electron chi connectivity index (χ3n) is 4.41. The van der Waals surface area contributed by atoms with Gasteiger partial charge in [-0.2, -0.15) is 5.26 Å². The number of hydrogen-bond donors (Lipinski definition) is 3. The van der Waals surface area contributed by atoms with Crippen LogP contribution in [0.1, 0.15) is 27.0 Å². The molecule has 0 bridgehead atoms. The Hall–Kier alpha value is -3.89. The Morgan fingerprint density at radius 3 is 2.42 bits per heavy atom. The SMILES string of the molecule is N#Cc1ccc(OCc2cccc(C(=O)NNC(=S)NCCc3ccccc3)c2)cc1. The van der Waals surface area contributed by atoms with Crippen LogP contribution in [0, 0.1) is 11.3 Å². The number of nitriles is 1. The Morgan fingerprint density at radius 2 is 1.68 bits per heavy atom. The molecule has 0 unspecified atom stereocenters. The molecule has 3 aromatic carbocycles. The molecule has 0 spiro atoms. The molecule has 3 rings (SSSR count). The van der Waals surface area contributed by atoms with E-state index in [4.69, 9.17) is 22.2 Å². The highest BCUT2D eigenvalue weighted by Crippen LogP contribution is 2.14. The minimum atomic E-state index is -0.299. The molecule has 0 aliphatic heterocycles. The van der Waals surface area contributed by atoms with Crippen molar-refractivity contribution in [2.24, 2.45) is 0 Å². The van der Waals surface area contributed by atoms with Gasteiger partial charge in [0.2, 0.25) is 0 Å². The summed E-state index contributed by atoms with van der Waals surface area (Å²) in [4.78, 5) is 12.4. The van der Waals surface area contributed by atoms with Crippen LogP contribution in [0.2, 0.25) is 0 Å². The van der Waals surface area contributed by atoms with E-state index >= 15 is 0 Å². The standard InChI is InChI=1S/C24H22N4O2S/c25-16-19-9-11-22(12-10-19)30-17-20-7-4-8-21(15-20)23(29)27-28-24(31)26-14-13-18-5-2-1-3-6-18/h1-12,15H,13-14,17H2,(H,27,29)(H2,26,28,31). The second kappa shape index (κ2) is 11.3. The molecule has 0 radical (unpaired) electrons. The first-order valence-electron chi connectivity index (χ1n) is 9.74. The normalized spacial score (nSPS) is 9.90. The summed E-state index contributed by atoms with van der Waals surface area (Å²) in [7, 11) is 0. The van der Waals surface area contributed by atoms with E-state index in [0.717, 1.165) is 12.0 Å². The highest BCUT2D eigenvalue weighted by Gasteiger charge is 2.07. The quantitative estimate of drug-likeness (QED) is 0.393. The first kappa shape index (κ1) is 21.8. The third kappa shape index (κ3) is 7.14. The van der Waals surface area contributed by atoms with Gasteiger partial charge in [0, 0.05) is 12.1 Å². The molecule has 3 aromatic rings. The second-order valence-corrected chi connectivity index (χ2v) is 7.10. The van der Waals surface area contributed by atoms with Crippen molar-refractivity contribution in [1.82, 2.24) is 16.2 Å². The van der Waals surface area contributed by atoms with Crippen LogP contribution in [-0.4, -0.2) is 17.6 Å². The van der Waals surface area contributed by atoms with Crippen molar-refractivity contribution >= 4 is 23.2 Å². The van der Waals surface area contributed by atoms with Crippen molar-refractivity contribution in [1.29, 1.82) is 5.26 Å². The van der Waals surface area contributed by atoms with E-state index in [0.29, 0.717) is 35.1 Å². The van der Waals surface area contributed by atoms with Crippen LogP contribution in [0.4, 0.5) is 0 Å². The number of carbonyl (C=O) groups excluding carboxylic acids is 1. The lowest BCUT2D eigenvalue weighted by Gasteiger charge is -2.12. The van der Waals surface area contributed by atoms with Crippen molar-refractivity contribution in [3.63, 3.8) is 0 Å². The van der Waals surface area contributed by atoms with Crippen molar-refractivity contribution in [3.8, 4) is 11.8 Å². The van der Waals surface area contributed by atoms with Gasteiger partial charge in [-0.15, -0.1) is 0 Å². The summed E-state index contributed by atoms with van der Waals surface area (Å²) in [6.45, 7) is 0.966. The minimum absolute atomic E-state index is 0.299. The van der Waals surface area contributed by atoms with Crippen LogP contribution in [0.25, 0.3) is 0 Å². The zero-order valence-electron chi connectivity index (χ0n) is 16.8. The van der Waals surface area contributed by atoms with E-state index in [-0.39, 0.29) is 5.91 Å². The van der Waals surface area contributed by atoms with Gasteiger partial charge in [-0.25, -0.2) is 0 Å². The predicted octanol–water partition coefficient (Wildman–Crippen LogP) is 3.49. The van der Waals surface area contributed by atoms with E-state index in [1.165, 1.54) is 5.56 Å². The number of rotatable bonds is 7. The molecule has 0 aliphatic carbocycles. The molecular weight excluding hydrogens is 408 g/mol. The Kier molecular flexibility index (Phi) is 7.97. The fraction of sp³-hybridized carbons (Fsp3) is 0.125. The molecule has 1 amide bonds. The highest BCUT2D eigenvalue weighted by molar-refractivity contribution is 7.80. The number of benzene rings is 3. The molecule has 156 valence electrons. The van der Waals surface area contributed by atoms with Crippen LogP contribution in [0.3, 0.4) is 0 Å². The second-order valence-electron chi connectivity index (χ2n) is 6.70. The van der Waals surface area contributed by atoms with E-state index in [2.05, 4.69) is 34.4 Å². The summed E-state index contributed by atoms with van der Waals surface area (Å²) in [5.41, 5.74) is 8.43. The molecule has 7 heteroatoms. The summed E-state index contributed by atoms with van der Waals surface area (Å²) in [5, 5.41) is 12.3. The summed E-state index contributed by atoms with van der Waals surface area (Å²) in [6, 6.07) is 26.2. The van der Waals surface area contributed by atoms with Crippen molar-refractivity contribution in [2.75, 3.05) is 6.54 Å². The van der Waals surface area contributed by atoms with Crippen molar-refractivity contribution < 1.29 is 9.53 Å². The number of nitrogens with one attached hydrogen (secondary N) is 3. The maximum Gasteiger partial charge on any atom is 0.269 e. The first-order valence-corrected chi connectivity index (χ1v) is 10.1. The number of thiocarbonyl (C=S) groups is 1. The number of hydrazine groups is 1. The van der Waals surface area contributed by atoms with E-state index in [1.54, 1.807) is 42.5 Å². The van der Waals surface area contributed by atoms with Crippen LogP contribution in [0.5, 0.6) is 5.75 Å². The van der Waals surface area contributed by atoms with Gasteiger partial charge in [-0.3, -0.25) is 15.6 Å². The zero-order valence-corrected chi connectivity index (χ0v) is 17.6. The number of carbonyl (C=O) groups is 1. The van der Waals surface area contributed by atoms with Crippen LogP contribution in [0.15, 0.2) is 78.9 Å². The average Bonchev–Trinajstić information content (AvgIpc) is 2.82. The molecule has 0 saturated carbocycles. The molecule has 3 N–H and O–H groups in total. The summed E-state index contributed by atoms with van der Waals surface area (Å²) < 4.78 is 5.72. The lowest BCUT2D eigenvalue weighted by atomic mass is 10.1. The Bertz CT molecular complexity index is 1060. The van der Waals surface area contributed by atoms with Gasteiger partial charge in [0.1, 0.15) is 12.4 Å². The number of hydrogen-bond acceptors (Lipinski definition) is 4. The average molecular weight is 431 g/mol. The topological polar surface area (TPSA) is 86.2 Å². The number of amides is 1. The van der Waals surface area contributed by atoms with E-state index in [1.807, 2.05) is 24.3 Å². The minimum Gasteiger partial charge on any atom is -0.489 e. The van der Waals surface area contributed by atoms with Crippen molar-refractivity contribution in [2.45, 2.75) is 13.0 Å². The van der Waals surface area contributed by atoms with Gasteiger partial charge >= 0.3 is 0 Å². The molecular formula is C24H22N4O2S. The number of nitrogens with zero attached hydrogens (tertiary/aromatic N) is 1. The Labute approximate surface area is 186 Å². The van der Waals surface area contributed by atoms with Gasteiger partial charge in [-0.05, 0) is 66.2 Å². The van der Waals surface area contributed by atoms with Gasteiger partial charge in [-0.1, -0.05) is 42.5 Å². The monoisotopic (exact) mass is 430 g/mol. The number of ether oxygens (including phenoxy) is 1. The third-order valence-corrected chi connectivity index (χ3v) is 4.66. The largest absolute Gasteiger partial charge is 0.489 e. The van der Waals surface area contributed by atoms with Crippen LogP contribution >= 0.6 is 12.2 Å². The van der Waals surface area contributed by atoms with Gasteiger partial charge in [0.05, 0.1) is 11.6 Å². The molecule has 0 aliphatic rings. The molecule has 0 aromatic heterocycles. The summed E-state index contributed by atoms with van der Waals surface area (Å²) in [6.07, 6.45) is 0.831.